The molecule has 2 heteroatoms. The van der Waals surface area contributed by atoms with Gasteiger partial charge in [0.1, 0.15) is 0 Å². The SMILES string of the molecule is CCCCCCCCCCCCCCCCC(CCC)(OCCC)C(=Cc1ccccc1)C(=S)c1ccccc1. The molecule has 1 unspecified atom stereocenters. The molecule has 0 N–H and O–H groups in total. The van der Waals surface area contributed by atoms with E-state index in [1.54, 1.807) is 0 Å². The second-order valence-corrected chi connectivity index (χ2v) is 12.0. The summed E-state index contributed by atoms with van der Waals surface area (Å²) in [6.45, 7) is 7.55. The van der Waals surface area contributed by atoms with E-state index in [2.05, 4.69) is 87.5 Å². The van der Waals surface area contributed by atoms with Crippen LogP contribution in [0.5, 0.6) is 0 Å². The first-order valence-electron chi connectivity index (χ1n) is 16.7. The molecule has 0 heterocycles. The van der Waals surface area contributed by atoms with E-state index in [4.69, 9.17) is 17.0 Å². The molecular weight excluding hydrogens is 504 g/mol. The van der Waals surface area contributed by atoms with E-state index in [0.29, 0.717) is 0 Å². The number of ether oxygens (including phenoxy) is 1. The van der Waals surface area contributed by atoms with Crippen LogP contribution in [0.2, 0.25) is 0 Å². The third-order valence-electron chi connectivity index (χ3n) is 8.05. The van der Waals surface area contributed by atoms with Gasteiger partial charge in [-0.15, -0.1) is 0 Å². The third-order valence-corrected chi connectivity index (χ3v) is 8.51. The Morgan fingerprint density at radius 2 is 1.10 bits per heavy atom. The summed E-state index contributed by atoms with van der Waals surface area (Å²) in [6, 6.07) is 21.2. The first-order valence-corrected chi connectivity index (χ1v) is 17.1. The zero-order valence-corrected chi connectivity index (χ0v) is 26.9. The maximum absolute atomic E-state index is 6.85. The van der Waals surface area contributed by atoms with Gasteiger partial charge in [0.05, 0.1) is 10.5 Å². The average Bonchev–Trinajstić information content (AvgIpc) is 2.99. The lowest BCUT2D eigenvalue weighted by atomic mass is 9.79. The lowest BCUT2D eigenvalue weighted by Gasteiger charge is -2.37. The zero-order chi connectivity index (χ0) is 28.7. The molecule has 222 valence electrons. The van der Waals surface area contributed by atoms with Crippen LogP contribution in [0.1, 0.15) is 147 Å². The first-order chi connectivity index (χ1) is 19.7. The van der Waals surface area contributed by atoms with E-state index < -0.39 is 0 Å². The van der Waals surface area contributed by atoms with Gasteiger partial charge in [-0.2, -0.15) is 0 Å². The Balaban J connectivity index is 1.99. The molecule has 2 rings (SSSR count). The van der Waals surface area contributed by atoms with Crippen molar-refractivity contribution in [2.75, 3.05) is 6.61 Å². The van der Waals surface area contributed by atoms with Crippen LogP contribution < -0.4 is 0 Å². The summed E-state index contributed by atoms with van der Waals surface area (Å²) in [5.41, 5.74) is 3.15. The van der Waals surface area contributed by atoms with Gasteiger partial charge in [-0.3, -0.25) is 0 Å². The van der Waals surface area contributed by atoms with Crippen LogP contribution in [0.25, 0.3) is 6.08 Å². The van der Waals surface area contributed by atoms with Gasteiger partial charge in [0.15, 0.2) is 0 Å². The molecule has 0 radical (unpaired) electrons. The topological polar surface area (TPSA) is 9.23 Å². The third kappa shape index (κ3) is 13.3. The Morgan fingerprint density at radius 3 is 1.60 bits per heavy atom. The smallest absolute Gasteiger partial charge is 0.0945 e. The van der Waals surface area contributed by atoms with Crippen molar-refractivity contribution < 1.29 is 4.74 Å². The van der Waals surface area contributed by atoms with E-state index in [1.165, 1.54) is 101 Å². The fourth-order valence-electron chi connectivity index (χ4n) is 5.79. The van der Waals surface area contributed by atoms with Gasteiger partial charge in [-0.25, -0.2) is 0 Å². The molecule has 2 aromatic rings. The molecule has 0 aromatic heterocycles. The molecule has 0 aliphatic carbocycles. The number of hydrogen-bond acceptors (Lipinski definition) is 2. The van der Waals surface area contributed by atoms with Crippen LogP contribution in [-0.2, 0) is 4.74 Å². The second-order valence-electron chi connectivity index (χ2n) is 11.6. The van der Waals surface area contributed by atoms with Crippen molar-refractivity contribution in [3.05, 3.63) is 77.4 Å². The molecule has 2 aromatic carbocycles. The Hall–Kier alpha value is -1.77. The van der Waals surface area contributed by atoms with Crippen molar-refractivity contribution in [3.63, 3.8) is 0 Å². The van der Waals surface area contributed by atoms with E-state index >= 15 is 0 Å². The van der Waals surface area contributed by atoms with Gasteiger partial charge in [-0.05, 0) is 36.5 Å². The quantitative estimate of drug-likeness (QED) is 0.0544. The molecule has 0 saturated carbocycles. The van der Waals surface area contributed by atoms with Crippen LogP contribution >= 0.6 is 12.2 Å². The van der Waals surface area contributed by atoms with E-state index in [1.807, 2.05) is 0 Å². The highest BCUT2D eigenvalue weighted by Crippen LogP contribution is 2.37. The van der Waals surface area contributed by atoms with Crippen molar-refractivity contribution >= 4 is 23.2 Å². The first kappa shape index (κ1) is 34.4. The molecule has 0 amide bonds. The lowest BCUT2D eigenvalue weighted by Crippen LogP contribution is -2.38. The van der Waals surface area contributed by atoms with Crippen molar-refractivity contribution in [1.29, 1.82) is 0 Å². The van der Waals surface area contributed by atoms with E-state index in [9.17, 15) is 0 Å². The predicted octanol–water partition coefficient (Wildman–Crippen LogP) is 12.3. The molecule has 0 spiro atoms. The van der Waals surface area contributed by atoms with Crippen LogP contribution in [0, 0.1) is 0 Å². The molecule has 0 saturated heterocycles. The lowest BCUT2D eigenvalue weighted by molar-refractivity contribution is -0.0263. The zero-order valence-electron chi connectivity index (χ0n) is 26.1. The fourth-order valence-corrected chi connectivity index (χ4v) is 6.17. The fraction of sp³-hybridized carbons (Fsp3) is 0.605. The highest BCUT2D eigenvalue weighted by atomic mass is 32.1. The van der Waals surface area contributed by atoms with Crippen LogP contribution in [0.3, 0.4) is 0 Å². The highest BCUT2D eigenvalue weighted by molar-refractivity contribution is 7.81. The number of unbranched alkanes of at least 4 members (excludes halogenated alkanes) is 13. The highest BCUT2D eigenvalue weighted by Gasteiger charge is 2.36. The number of hydrogen-bond donors (Lipinski definition) is 0. The minimum atomic E-state index is -0.343. The predicted molar refractivity (Wildman–Crippen MR) is 181 cm³/mol. The van der Waals surface area contributed by atoms with E-state index in [-0.39, 0.29) is 5.60 Å². The van der Waals surface area contributed by atoms with E-state index in [0.717, 1.165) is 42.7 Å². The van der Waals surface area contributed by atoms with Gasteiger partial charge in [0.25, 0.3) is 0 Å². The Labute approximate surface area is 253 Å². The summed E-state index contributed by atoms with van der Waals surface area (Å²) in [5, 5.41) is 0. The second kappa shape index (κ2) is 21.9. The van der Waals surface area contributed by atoms with Crippen LogP contribution in [0.15, 0.2) is 66.2 Å². The summed E-state index contributed by atoms with van der Waals surface area (Å²) in [5.74, 6) is 0. The molecule has 0 aliphatic rings. The number of thiocarbonyl (C=S) groups is 1. The Morgan fingerprint density at radius 1 is 0.600 bits per heavy atom. The Kier molecular flexibility index (Phi) is 18.9. The summed E-state index contributed by atoms with van der Waals surface area (Å²) in [6.07, 6.45) is 25.7. The molecule has 40 heavy (non-hydrogen) atoms. The normalized spacial score (nSPS) is 13.3. The van der Waals surface area contributed by atoms with Gasteiger partial charge < -0.3 is 4.74 Å². The standard InChI is InChI=1S/C38H58OS/c1-4-7-8-9-10-11-12-13-14-15-16-17-18-25-31-38(30-5-2,39-32-6-3)36(33-34-26-21-19-22-27-34)37(40)35-28-23-20-24-29-35/h19-24,26-29,33H,4-18,25,30-32H2,1-3H3. The maximum Gasteiger partial charge on any atom is 0.0945 e. The van der Waals surface area contributed by atoms with Crippen molar-refractivity contribution in [3.8, 4) is 0 Å². The molecule has 0 fully saturated rings. The average molecular weight is 563 g/mol. The number of benzene rings is 2. The van der Waals surface area contributed by atoms with Gasteiger partial charge in [0.2, 0.25) is 0 Å². The molecule has 0 bridgehead atoms. The van der Waals surface area contributed by atoms with Crippen molar-refractivity contribution in [2.45, 2.75) is 142 Å². The van der Waals surface area contributed by atoms with Crippen LogP contribution in [0.4, 0.5) is 0 Å². The molecule has 1 atom stereocenters. The Bertz CT molecular complexity index is 919. The van der Waals surface area contributed by atoms with Crippen molar-refractivity contribution in [2.24, 2.45) is 0 Å². The van der Waals surface area contributed by atoms with Crippen LogP contribution in [-0.4, -0.2) is 17.1 Å². The summed E-state index contributed by atoms with van der Waals surface area (Å²) in [7, 11) is 0. The molecular formula is C38H58OS. The summed E-state index contributed by atoms with van der Waals surface area (Å²) >= 11 is 6.21. The minimum Gasteiger partial charge on any atom is -0.370 e. The summed E-state index contributed by atoms with van der Waals surface area (Å²) < 4.78 is 6.85. The summed E-state index contributed by atoms with van der Waals surface area (Å²) in [4.78, 5) is 0.930. The van der Waals surface area contributed by atoms with Crippen molar-refractivity contribution in [1.82, 2.24) is 0 Å². The minimum absolute atomic E-state index is 0.343. The number of rotatable bonds is 24. The van der Waals surface area contributed by atoms with Gasteiger partial charge in [0, 0.05) is 12.2 Å². The van der Waals surface area contributed by atoms with Gasteiger partial charge >= 0.3 is 0 Å². The largest absolute Gasteiger partial charge is 0.370 e. The monoisotopic (exact) mass is 562 g/mol. The maximum atomic E-state index is 6.85. The molecule has 1 nitrogen and oxygen atoms in total. The van der Waals surface area contributed by atoms with Gasteiger partial charge in [-0.1, -0.05) is 190 Å². The molecule has 0 aliphatic heterocycles.